The smallest absolute Gasteiger partial charge is 0.131 e. The van der Waals surface area contributed by atoms with E-state index in [1.807, 2.05) is 48.5 Å². The van der Waals surface area contributed by atoms with E-state index < -0.39 is 0 Å². The monoisotopic (exact) mass is 573 g/mol. The first-order chi connectivity index (χ1) is 20.9. The van der Waals surface area contributed by atoms with Crippen molar-refractivity contribution >= 4 is 10.8 Å². The number of aromatic hydroxyl groups is 1. The first-order valence-corrected chi connectivity index (χ1v) is 14.9. The van der Waals surface area contributed by atoms with Gasteiger partial charge in [-0.1, -0.05) is 66.7 Å². The number of nitrogens with zero attached hydrogens (tertiary/aromatic N) is 1. The molecule has 220 valence electrons. The second-order valence-electron chi connectivity index (χ2n) is 11.6. The summed E-state index contributed by atoms with van der Waals surface area (Å²) >= 11 is 0. The van der Waals surface area contributed by atoms with Crippen LogP contribution < -0.4 is 14.2 Å². The largest absolute Gasteiger partial charge is 0.507 e. The Labute approximate surface area is 254 Å². The fraction of sp³-hybridized carbons (Fsp3) is 0.263. The Bertz CT molecular complexity index is 1750. The number of phenolic OH excluding ortho intramolecular Hbond substituents is 1. The molecule has 0 spiro atoms. The molecule has 1 aliphatic rings. The van der Waals surface area contributed by atoms with Crippen LogP contribution in [-0.2, 0) is 19.6 Å². The molecule has 0 aromatic heterocycles. The van der Waals surface area contributed by atoms with Crippen molar-refractivity contribution in [2.45, 2.75) is 52.5 Å². The molecule has 5 aromatic rings. The zero-order valence-electron chi connectivity index (χ0n) is 25.6. The lowest BCUT2D eigenvalue weighted by molar-refractivity contribution is 0.172. The van der Waals surface area contributed by atoms with Gasteiger partial charge in [0.2, 0.25) is 0 Å². The quantitative estimate of drug-likeness (QED) is 0.201. The number of ether oxygens (including phenoxy) is 3. The predicted molar refractivity (Wildman–Crippen MR) is 173 cm³/mol. The molecule has 5 aromatic carbocycles. The van der Waals surface area contributed by atoms with Gasteiger partial charge in [-0.15, -0.1) is 0 Å². The minimum atomic E-state index is 0.131. The van der Waals surface area contributed by atoms with Crippen LogP contribution in [0.15, 0.2) is 91.0 Å². The van der Waals surface area contributed by atoms with Gasteiger partial charge < -0.3 is 19.3 Å². The van der Waals surface area contributed by atoms with Crippen LogP contribution in [0.5, 0.6) is 23.0 Å². The summed E-state index contributed by atoms with van der Waals surface area (Å²) in [7, 11) is 3.83. The van der Waals surface area contributed by atoms with Gasteiger partial charge in [0.05, 0.1) is 12.5 Å². The van der Waals surface area contributed by atoms with Crippen LogP contribution >= 0.6 is 0 Å². The maximum Gasteiger partial charge on any atom is 0.131 e. The topological polar surface area (TPSA) is 51.2 Å². The van der Waals surface area contributed by atoms with E-state index in [1.165, 1.54) is 11.1 Å². The molecule has 0 bridgehead atoms. The average Bonchev–Trinajstić information content (AvgIpc) is 3.02. The third kappa shape index (κ3) is 5.53. The SMILES string of the molecule is COc1cc(C)cc2c(-c3c(OCc4ccccc4)cc(OCc4ccccc4)c4c3C[C@@H](C)N(C)[C@H]4C)ccc(O)c12. The molecule has 2 atom stereocenters. The lowest BCUT2D eigenvalue weighted by Gasteiger charge is -2.40. The number of likely N-dealkylation sites (N-methyl/N-ethyl adjacent to an activating group) is 1. The molecule has 0 unspecified atom stereocenters. The number of benzene rings is 5. The zero-order chi connectivity index (χ0) is 30.1. The van der Waals surface area contributed by atoms with Gasteiger partial charge >= 0.3 is 0 Å². The molecule has 0 aliphatic carbocycles. The standard InChI is InChI=1S/C38H39NO4/c1-24-18-30-29(16-17-32(40)38(30)33(19-24)41-5)37-31-20-25(2)39(4)26(3)36(31)34(42-22-27-12-8-6-9-13-27)21-35(37)43-23-28-14-10-7-11-15-28/h6-19,21,25-26,40H,20,22-23H2,1-5H3/t25-,26+/m1/s1. The number of hydrogen-bond acceptors (Lipinski definition) is 5. The van der Waals surface area contributed by atoms with Gasteiger partial charge in [-0.2, -0.15) is 0 Å². The highest BCUT2D eigenvalue weighted by Crippen LogP contribution is 2.50. The van der Waals surface area contributed by atoms with Crippen molar-refractivity contribution in [3.8, 4) is 34.1 Å². The number of hydrogen-bond donors (Lipinski definition) is 1. The third-order valence-corrected chi connectivity index (χ3v) is 8.79. The number of rotatable bonds is 8. The summed E-state index contributed by atoms with van der Waals surface area (Å²) in [5.74, 6) is 2.45. The van der Waals surface area contributed by atoms with E-state index in [2.05, 4.69) is 69.1 Å². The summed E-state index contributed by atoms with van der Waals surface area (Å²) in [6, 6.07) is 30.9. The number of fused-ring (bicyclic) bond motifs is 2. The predicted octanol–water partition coefficient (Wildman–Crippen LogP) is 8.62. The van der Waals surface area contributed by atoms with Crippen LogP contribution in [0.2, 0.25) is 0 Å². The van der Waals surface area contributed by atoms with E-state index in [1.54, 1.807) is 13.2 Å². The number of aryl methyl sites for hydroxylation is 1. The van der Waals surface area contributed by atoms with Gasteiger partial charge in [-0.3, -0.25) is 4.90 Å². The molecule has 1 heterocycles. The van der Waals surface area contributed by atoms with Crippen LogP contribution in [0.1, 0.15) is 47.7 Å². The maximum atomic E-state index is 11.0. The second-order valence-corrected chi connectivity index (χ2v) is 11.6. The van der Waals surface area contributed by atoms with Crippen molar-refractivity contribution in [3.63, 3.8) is 0 Å². The Balaban J connectivity index is 1.60. The molecule has 0 amide bonds. The molecule has 1 N–H and O–H groups in total. The number of methoxy groups -OCH3 is 1. The Morgan fingerprint density at radius 3 is 2.05 bits per heavy atom. The van der Waals surface area contributed by atoms with Gasteiger partial charge in [0.25, 0.3) is 0 Å². The molecule has 1 aliphatic heterocycles. The highest BCUT2D eigenvalue weighted by molar-refractivity contribution is 6.05. The summed E-state index contributed by atoms with van der Waals surface area (Å²) in [6.45, 7) is 7.47. The molecule has 0 saturated heterocycles. The first kappa shape index (κ1) is 28.6. The molecule has 5 nitrogen and oxygen atoms in total. The van der Waals surface area contributed by atoms with Crippen LogP contribution in [0.3, 0.4) is 0 Å². The van der Waals surface area contributed by atoms with E-state index in [0.29, 0.717) is 30.4 Å². The van der Waals surface area contributed by atoms with Crippen LogP contribution in [0, 0.1) is 6.92 Å². The molecule has 0 radical (unpaired) electrons. The Hall–Kier alpha value is -4.48. The van der Waals surface area contributed by atoms with E-state index in [-0.39, 0.29) is 11.8 Å². The highest BCUT2D eigenvalue weighted by Gasteiger charge is 2.34. The lowest BCUT2D eigenvalue weighted by Crippen LogP contribution is -2.38. The van der Waals surface area contributed by atoms with Crippen LogP contribution in [0.4, 0.5) is 0 Å². The summed E-state index contributed by atoms with van der Waals surface area (Å²) < 4.78 is 19.1. The highest BCUT2D eigenvalue weighted by atomic mass is 16.5. The lowest BCUT2D eigenvalue weighted by atomic mass is 9.82. The molecular formula is C38H39NO4. The van der Waals surface area contributed by atoms with Crippen molar-refractivity contribution in [1.82, 2.24) is 4.90 Å². The van der Waals surface area contributed by atoms with Crippen molar-refractivity contribution in [2.24, 2.45) is 0 Å². The van der Waals surface area contributed by atoms with Crippen molar-refractivity contribution < 1.29 is 19.3 Å². The minimum absolute atomic E-state index is 0.131. The molecular weight excluding hydrogens is 534 g/mol. The van der Waals surface area contributed by atoms with Gasteiger partial charge in [0.15, 0.2) is 0 Å². The fourth-order valence-electron chi connectivity index (χ4n) is 6.34. The molecule has 43 heavy (non-hydrogen) atoms. The molecule has 0 fully saturated rings. The first-order valence-electron chi connectivity index (χ1n) is 14.9. The molecule has 5 heteroatoms. The van der Waals surface area contributed by atoms with E-state index >= 15 is 0 Å². The summed E-state index contributed by atoms with van der Waals surface area (Å²) in [4.78, 5) is 2.41. The van der Waals surface area contributed by atoms with E-state index in [4.69, 9.17) is 14.2 Å². The van der Waals surface area contributed by atoms with Gasteiger partial charge in [-0.05, 0) is 85.6 Å². The Morgan fingerprint density at radius 2 is 1.42 bits per heavy atom. The van der Waals surface area contributed by atoms with Gasteiger partial charge in [-0.25, -0.2) is 0 Å². The summed E-state index contributed by atoms with van der Waals surface area (Å²) in [5, 5.41) is 12.6. The summed E-state index contributed by atoms with van der Waals surface area (Å²) in [6.07, 6.45) is 0.834. The third-order valence-electron chi connectivity index (χ3n) is 8.79. The molecule has 6 rings (SSSR count). The summed E-state index contributed by atoms with van der Waals surface area (Å²) in [5.41, 5.74) is 7.71. The normalized spacial score (nSPS) is 16.6. The van der Waals surface area contributed by atoms with Crippen LogP contribution in [0.25, 0.3) is 21.9 Å². The minimum Gasteiger partial charge on any atom is -0.507 e. The van der Waals surface area contributed by atoms with E-state index in [9.17, 15) is 5.11 Å². The van der Waals surface area contributed by atoms with E-state index in [0.717, 1.165) is 51.1 Å². The molecule has 0 saturated carbocycles. The second kappa shape index (κ2) is 12.0. The Morgan fingerprint density at radius 1 is 0.791 bits per heavy atom. The fourth-order valence-corrected chi connectivity index (χ4v) is 6.34. The number of phenols is 1. The van der Waals surface area contributed by atoms with Gasteiger partial charge in [0.1, 0.15) is 36.2 Å². The maximum absolute atomic E-state index is 11.0. The van der Waals surface area contributed by atoms with Crippen molar-refractivity contribution in [3.05, 3.63) is 119 Å². The average molecular weight is 574 g/mol. The van der Waals surface area contributed by atoms with Crippen LogP contribution in [-0.4, -0.2) is 30.2 Å². The van der Waals surface area contributed by atoms with Crippen molar-refractivity contribution in [2.75, 3.05) is 14.2 Å². The van der Waals surface area contributed by atoms with Crippen molar-refractivity contribution in [1.29, 1.82) is 0 Å². The zero-order valence-corrected chi connectivity index (χ0v) is 25.6. The Kier molecular flexibility index (Phi) is 8.00. The van der Waals surface area contributed by atoms with Gasteiger partial charge in [0, 0.05) is 29.3 Å².